The molecule has 16 heavy (non-hydrogen) atoms. The molecule has 1 heterocycles. The largest absolute Gasteiger partial charge is 0.358 e. The number of hydrogen-bond acceptors (Lipinski definition) is 4. The van der Waals surface area contributed by atoms with Crippen LogP contribution >= 0.6 is 11.3 Å². The van der Waals surface area contributed by atoms with Gasteiger partial charge in [0.15, 0.2) is 0 Å². The number of likely N-dealkylation sites (N-methyl/N-ethyl adjacent to an activating group) is 1. The predicted molar refractivity (Wildman–Crippen MR) is 66.7 cm³/mol. The smallest absolute Gasteiger partial charge is 0.236 e. The first-order valence-corrected chi connectivity index (χ1v) is 6.19. The van der Waals surface area contributed by atoms with Crippen molar-refractivity contribution in [1.29, 1.82) is 0 Å². The van der Waals surface area contributed by atoms with Gasteiger partial charge in [-0.3, -0.25) is 10.1 Å². The van der Waals surface area contributed by atoms with Gasteiger partial charge in [0.2, 0.25) is 5.91 Å². The Kier molecular flexibility index (Phi) is 4.44. The number of aromatic nitrogens is 1. The fraction of sp³-hybridized carbons (Fsp3) is 0.636. The van der Waals surface area contributed by atoms with Crippen molar-refractivity contribution in [3.8, 4) is 0 Å². The van der Waals surface area contributed by atoms with Crippen molar-refractivity contribution in [1.82, 2.24) is 15.6 Å². The van der Waals surface area contributed by atoms with E-state index in [1.165, 1.54) is 4.88 Å². The average Bonchev–Trinajstić information content (AvgIpc) is 2.56. The second-order valence-electron chi connectivity index (χ2n) is 3.90. The van der Waals surface area contributed by atoms with E-state index in [2.05, 4.69) is 22.5 Å². The third-order valence-electron chi connectivity index (χ3n) is 2.49. The highest BCUT2D eigenvalue weighted by atomic mass is 32.1. The lowest BCUT2D eigenvalue weighted by atomic mass is 10.2. The van der Waals surface area contributed by atoms with Gasteiger partial charge in [-0.05, 0) is 27.7 Å². The maximum Gasteiger partial charge on any atom is 0.236 e. The highest BCUT2D eigenvalue weighted by molar-refractivity contribution is 7.11. The third kappa shape index (κ3) is 3.02. The van der Waals surface area contributed by atoms with E-state index in [1.807, 2.05) is 20.8 Å². The number of carbonyl (C=O) groups excluding carboxylic acids is 1. The van der Waals surface area contributed by atoms with Crippen molar-refractivity contribution in [3.05, 3.63) is 15.6 Å². The summed E-state index contributed by atoms with van der Waals surface area (Å²) >= 11 is 1.69. The van der Waals surface area contributed by atoms with E-state index >= 15 is 0 Å². The van der Waals surface area contributed by atoms with Gasteiger partial charge in [0, 0.05) is 18.0 Å². The second kappa shape index (κ2) is 5.41. The molecule has 0 aromatic carbocycles. The summed E-state index contributed by atoms with van der Waals surface area (Å²) in [5, 5.41) is 6.92. The van der Waals surface area contributed by atoms with Crippen LogP contribution in [-0.4, -0.2) is 24.0 Å². The van der Waals surface area contributed by atoms with Crippen LogP contribution in [0.1, 0.15) is 35.5 Å². The normalized spacial score (nSPS) is 14.6. The maximum atomic E-state index is 11.4. The Bertz CT molecular complexity index is 375. The maximum absolute atomic E-state index is 11.4. The monoisotopic (exact) mass is 241 g/mol. The fourth-order valence-electron chi connectivity index (χ4n) is 1.69. The number of carbonyl (C=O) groups is 1. The van der Waals surface area contributed by atoms with Gasteiger partial charge >= 0.3 is 0 Å². The molecule has 2 atom stereocenters. The summed E-state index contributed by atoms with van der Waals surface area (Å²) in [5.41, 5.74) is 1.04. The van der Waals surface area contributed by atoms with Crippen LogP contribution in [0.5, 0.6) is 0 Å². The minimum atomic E-state index is -0.207. The number of rotatable bonds is 4. The van der Waals surface area contributed by atoms with Gasteiger partial charge < -0.3 is 5.32 Å². The number of nitrogens with zero attached hydrogens (tertiary/aromatic N) is 1. The summed E-state index contributed by atoms with van der Waals surface area (Å²) < 4.78 is 0. The summed E-state index contributed by atoms with van der Waals surface area (Å²) in [6, 6.07) is -0.112. The Balaban J connectivity index is 2.68. The molecule has 0 aliphatic carbocycles. The minimum Gasteiger partial charge on any atom is -0.358 e. The first-order chi connectivity index (χ1) is 7.45. The lowest BCUT2D eigenvalue weighted by Gasteiger charge is -2.18. The predicted octanol–water partition coefficient (Wildman–Crippen LogP) is 1.55. The first kappa shape index (κ1) is 13.1. The molecule has 90 valence electrons. The molecule has 5 heteroatoms. The van der Waals surface area contributed by atoms with Gasteiger partial charge in [0.1, 0.15) is 0 Å². The summed E-state index contributed by atoms with van der Waals surface area (Å²) in [7, 11) is 1.64. The molecule has 2 N–H and O–H groups in total. The molecule has 0 saturated carbocycles. The standard InChI is InChI=1S/C11H19N3OS/c1-6(13-7(2)11(15)12-5)10-8(3)16-9(4)14-10/h6-7,13H,1-5H3,(H,12,15)/t6?,7-/m1/s1. The van der Waals surface area contributed by atoms with Crippen LogP contribution in [0.3, 0.4) is 0 Å². The topological polar surface area (TPSA) is 54.0 Å². The zero-order valence-corrected chi connectivity index (χ0v) is 11.2. The van der Waals surface area contributed by atoms with E-state index in [9.17, 15) is 4.79 Å². The molecule has 0 bridgehead atoms. The van der Waals surface area contributed by atoms with E-state index in [0.717, 1.165) is 10.7 Å². The Morgan fingerprint density at radius 3 is 2.44 bits per heavy atom. The van der Waals surface area contributed by atoms with Crippen LogP contribution in [0.15, 0.2) is 0 Å². The highest BCUT2D eigenvalue weighted by Gasteiger charge is 2.18. The van der Waals surface area contributed by atoms with Crippen LogP contribution < -0.4 is 10.6 Å². The molecule has 0 spiro atoms. The molecule has 4 nitrogen and oxygen atoms in total. The van der Waals surface area contributed by atoms with Crippen molar-refractivity contribution in [2.75, 3.05) is 7.05 Å². The summed E-state index contributed by atoms with van der Waals surface area (Å²) in [5.74, 6) is -0.00328. The van der Waals surface area contributed by atoms with E-state index in [-0.39, 0.29) is 18.0 Å². The van der Waals surface area contributed by atoms with Crippen molar-refractivity contribution in [3.63, 3.8) is 0 Å². The number of hydrogen-bond donors (Lipinski definition) is 2. The van der Waals surface area contributed by atoms with Crippen molar-refractivity contribution in [2.45, 2.75) is 39.8 Å². The second-order valence-corrected chi connectivity index (χ2v) is 5.31. The number of nitrogens with one attached hydrogen (secondary N) is 2. The van der Waals surface area contributed by atoms with Crippen LogP contribution in [0.4, 0.5) is 0 Å². The molecular formula is C11H19N3OS. The Morgan fingerprint density at radius 2 is 2.00 bits per heavy atom. The molecule has 1 unspecified atom stereocenters. The van der Waals surface area contributed by atoms with Gasteiger partial charge in [0.05, 0.1) is 16.7 Å². The molecule has 1 amide bonds. The Labute approximate surface area is 100 Å². The zero-order chi connectivity index (χ0) is 12.3. The molecule has 0 aliphatic rings. The lowest BCUT2D eigenvalue weighted by molar-refractivity contribution is -0.122. The molecule has 1 aromatic rings. The zero-order valence-electron chi connectivity index (χ0n) is 10.4. The fourth-order valence-corrected chi connectivity index (χ4v) is 2.61. The van der Waals surface area contributed by atoms with Gasteiger partial charge in [-0.15, -0.1) is 11.3 Å². The van der Waals surface area contributed by atoms with E-state index in [0.29, 0.717) is 0 Å². The molecular weight excluding hydrogens is 222 g/mol. The van der Waals surface area contributed by atoms with Crippen molar-refractivity contribution >= 4 is 17.2 Å². The summed E-state index contributed by atoms with van der Waals surface area (Å²) in [6.07, 6.45) is 0. The number of amides is 1. The molecule has 0 saturated heterocycles. The minimum absolute atomic E-state index is 0.00328. The number of aryl methyl sites for hydroxylation is 2. The van der Waals surface area contributed by atoms with Gasteiger partial charge in [0.25, 0.3) is 0 Å². The quantitative estimate of drug-likeness (QED) is 0.841. The Hall–Kier alpha value is -0.940. The van der Waals surface area contributed by atoms with Gasteiger partial charge in [-0.25, -0.2) is 4.98 Å². The third-order valence-corrected chi connectivity index (χ3v) is 3.39. The van der Waals surface area contributed by atoms with Gasteiger partial charge in [-0.1, -0.05) is 0 Å². The Morgan fingerprint density at radius 1 is 1.38 bits per heavy atom. The summed E-state index contributed by atoms with van der Waals surface area (Å²) in [6.45, 7) is 7.93. The average molecular weight is 241 g/mol. The SMILES string of the molecule is CNC(=O)[C@@H](C)NC(C)c1nc(C)sc1C. The molecule has 0 radical (unpaired) electrons. The van der Waals surface area contributed by atoms with E-state index in [4.69, 9.17) is 0 Å². The van der Waals surface area contributed by atoms with Crippen molar-refractivity contribution < 1.29 is 4.79 Å². The molecule has 1 rings (SSSR count). The number of thiazole rings is 1. The molecule has 0 fully saturated rings. The van der Waals surface area contributed by atoms with Gasteiger partial charge in [-0.2, -0.15) is 0 Å². The van der Waals surface area contributed by atoms with E-state index in [1.54, 1.807) is 18.4 Å². The van der Waals surface area contributed by atoms with Crippen molar-refractivity contribution in [2.24, 2.45) is 0 Å². The van der Waals surface area contributed by atoms with Crippen LogP contribution in [0.25, 0.3) is 0 Å². The van der Waals surface area contributed by atoms with E-state index < -0.39 is 0 Å². The lowest BCUT2D eigenvalue weighted by Crippen LogP contribution is -2.41. The first-order valence-electron chi connectivity index (χ1n) is 5.37. The molecule has 0 aliphatic heterocycles. The van der Waals surface area contributed by atoms with Crippen LogP contribution in [0, 0.1) is 13.8 Å². The highest BCUT2D eigenvalue weighted by Crippen LogP contribution is 2.22. The summed E-state index contributed by atoms with van der Waals surface area (Å²) in [4.78, 5) is 17.1. The van der Waals surface area contributed by atoms with Crippen LogP contribution in [-0.2, 0) is 4.79 Å². The van der Waals surface area contributed by atoms with Crippen LogP contribution in [0.2, 0.25) is 0 Å². The molecule has 1 aromatic heterocycles.